The van der Waals surface area contributed by atoms with Crippen LogP contribution in [0.4, 0.5) is 0 Å². The maximum Gasteiger partial charge on any atom is 0.365 e. The summed E-state index contributed by atoms with van der Waals surface area (Å²) < 4.78 is 0. The van der Waals surface area contributed by atoms with Gasteiger partial charge < -0.3 is 4.84 Å². The largest absolute Gasteiger partial charge is 0.365 e. The molecule has 3 aromatic rings. The molecule has 0 fully saturated rings. The second kappa shape index (κ2) is 8.03. The monoisotopic (exact) mass is 398 g/mol. The van der Waals surface area contributed by atoms with Crippen LogP contribution < -0.4 is 0 Å². The van der Waals surface area contributed by atoms with E-state index in [1.807, 2.05) is 24.3 Å². The maximum atomic E-state index is 11.9. The molecule has 0 unspecified atom stereocenters. The number of nitrogens with zero attached hydrogens (tertiary/aromatic N) is 2. The number of aromatic nitrogens is 1. The summed E-state index contributed by atoms with van der Waals surface area (Å²) in [6, 6.07) is 14.2. The van der Waals surface area contributed by atoms with Crippen LogP contribution in [0.15, 0.2) is 59.1 Å². The van der Waals surface area contributed by atoms with Crippen molar-refractivity contribution in [2.75, 3.05) is 0 Å². The second-order valence-electron chi connectivity index (χ2n) is 7.03. The lowest BCUT2D eigenvalue weighted by Crippen LogP contribution is -2.11. The van der Waals surface area contributed by atoms with E-state index in [4.69, 9.17) is 21.4 Å². The zero-order valence-corrected chi connectivity index (χ0v) is 16.8. The molecule has 0 amide bonds. The number of thiazole rings is 1. The van der Waals surface area contributed by atoms with Crippen LogP contribution >= 0.6 is 22.9 Å². The maximum absolute atomic E-state index is 11.9. The molecule has 27 heavy (non-hydrogen) atoms. The quantitative estimate of drug-likeness (QED) is 0.310. The Labute approximate surface area is 167 Å². The van der Waals surface area contributed by atoms with Crippen molar-refractivity contribution in [2.24, 2.45) is 5.16 Å². The van der Waals surface area contributed by atoms with Gasteiger partial charge in [0.05, 0.1) is 17.5 Å². The predicted molar refractivity (Wildman–Crippen MR) is 111 cm³/mol. The molecule has 0 saturated heterocycles. The topological polar surface area (TPSA) is 51.5 Å². The van der Waals surface area contributed by atoms with Gasteiger partial charge in [-0.05, 0) is 29.8 Å². The van der Waals surface area contributed by atoms with Crippen LogP contribution in [0.1, 0.15) is 42.4 Å². The van der Waals surface area contributed by atoms with Gasteiger partial charge in [-0.2, -0.15) is 0 Å². The van der Waals surface area contributed by atoms with E-state index in [2.05, 4.69) is 31.3 Å². The molecule has 0 saturated carbocycles. The van der Waals surface area contributed by atoms with E-state index in [0.717, 1.165) is 21.8 Å². The van der Waals surface area contributed by atoms with Gasteiger partial charge in [-0.25, -0.2) is 9.78 Å². The number of benzene rings is 2. The fraction of sp³-hybridized carbons (Fsp3) is 0.190. The third kappa shape index (κ3) is 5.02. The second-order valence-corrected chi connectivity index (χ2v) is 8.32. The van der Waals surface area contributed by atoms with Crippen LogP contribution in [-0.2, 0) is 10.3 Å². The van der Waals surface area contributed by atoms with Crippen molar-refractivity contribution >= 4 is 35.1 Å². The minimum atomic E-state index is -0.531. The van der Waals surface area contributed by atoms with Gasteiger partial charge in [0.25, 0.3) is 0 Å². The zero-order chi connectivity index (χ0) is 19.4. The summed E-state index contributed by atoms with van der Waals surface area (Å²) in [7, 11) is 0. The Balaban J connectivity index is 1.63. The number of rotatable bonds is 4. The highest BCUT2D eigenvalue weighted by Gasteiger charge is 2.17. The first-order valence-electron chi connectivity index (χ1n) is 8.40. The predicted octanol–water partition coefficient (Wildman–Crippen LogP) is 5.95. The fourth-order valence-corrected chi connectivity index (χ4v) is 3.42. The molecule has 6 heteroatoms. The average molecular weight is 399 g/mol. The number of carbonyl (C=O) groups is 1. The summed E-state index contributed by atoms with van der Waals surface area (Å²) in [5, 5.41) is 7.40. The lowest BCUT2D eigenvalue weighted by atomic mass is 9.93. The summed E-state index contributed by atoms with van der Waals surface area (Å²) >= 11 is 7.43. The van der Waals surface area contributed by atoms with Crippen LogP contribution in [0, 0.1) is 0 Å². The van der Waals surface area contributed by atoms with E-state index >= 15 is 0 Å². The van der Waals surface area contributed by atoms with E-state index < -0.39 is 5.97 Å². The lowest BCUT2D eigenvalue weighted by Gasteiger charge is -2.14. The Hall–Kier alpha value is -2.50. The Morgan fingerprint density at radius 3 is 2.37 bits per heavy atom. The molecule has 0 aliphatic carbocycles. The van der Waals surface area contributed by atoms with E-state index in [1.54, 1.807) is 35.6 Å². The van der Waals surface area contributed by atoms with Crippen molar-refractivity contribution in [1.29, 1.82) is 0 Å². The number of halogens is 1. The summed E-state index contributed by atoms with van der Waals surface area (Å²) in [6.07, 6.45) is 1.50. The van der Waals surface area contributed by atoms with Crippen molar-refractivity contribution in [3.8, 4) is 10.6 Å². The number of oxime groups is 1. The van der Waals surface area contributed by atoms with Gasteiger partial charge in [0.1, 0.15) is 5.01 Å². The number of hydrogen-bond acceptors (Lipinski definition) is 5. The summed E-state index contributed by atoms with van der Waals surface area (Å²) in [6.45, 7) is 6.45. The molecule has 0 atom stereocenters. The van der Waals surface area contributed by atoms with Crippen LogP contribution in [0.25, 0.3) is 10.6 Å². The highest BCUT2D eigenvalue weighted by molar-refractivity contribution is 7.13. The van der Waals surface area contributed by atoms with Crippen molar-refractivity contribution < 1.29 is 9.63 Å². The van der Waals surface area contributed by atoms with Crippen molar-refractivity contribution in [3.63, 3.8) is 0 Å². The highest BCUT2D eigenvalue weighted by atomic mass is 35.5. The Morgan fingerprint density at radius 2 is 1.78 bits per heavy atom. The molecular weight excluding hydrogens is 380 g/mol. The molecule has 1 heterocycles. The standard InChI is InChI=1S/C21H19ClN2O2S/c1-21(2,3)18-13-27-19(24-18)15-6-4-14(5-7-15)12-23-26-20(25)16-8-10-17(22)11-9-16/h4-13H,1-3H3/b23-12+. The van der Waals surface area contributed by atoms with Gasteiger partial charge in [-0.1, -0.05) is 61.8 Å². The molecule has 138 valence electrons. The molecule has 0 radical (unpaired) electrons. The van der Waals surface area contributed by atoms with Crippen molar-refractivity contribution in [3.05, 3.63) is 75.8 Å². The minimum absolute atomic E-state index is 0.0370. The Morgan fingerprint density at radius 1 is 1.11 bits per heavy atom. The molecular formula is C21H19ClN2O2S. The van der Waals surface area contributed by atoms with Gasteiger partial charge in [-0.15, -0.1) is 11.3 Å². The highest BCUT2D eigenvalue weighted by Crippen LogP contribution is 2.29. The first kappa shape index (κ1) is 19.3. The fourth-order valence-electron chi connectivity index (χ4n) is 2.24. The van der Waals surface area contributed by atoms with Gasteiger partial charge in [0.15, 0.2) is 0 Å². The average Bonchev–Trinajstić information content (AvgIpc) is 3.13. The van der Waals surface area contributed by atoms with Crippen LogP contribution in [0.2, 0.25) is 5.02 Å². The third-order valence-corrected chi connectivity index (χ3v) is 4.99. The molecule has 3 rings (SSSR count). The molecule has 0 spiro atoms. The molecule has 2 aromatic carbocycles. The van der Waals surface area contributed by atoms with E-state index in [-0.39, 0.29) is 5.41 Å². The van der Waals surface area contributed by atoms with E-state index in [1.165, 1.54) is 6.21 Å². The van der Waals surface area contributed by atoms with Crippen LogP contribution in [-0.4, -0.2) is 17.2 Å². The first-order chi connectivity index (χ1) is 12.8. The summed E-state index contributed by atoms with van der Waals surface area (Å²) in [5.41, 5.74) is 3.39. The number of carbonyl (C=O) groups excluding carboxylic acids is 1. The molecule has 0 aliphatic heterocycles. The number of hydrogen-bond donors (Lipinski definition) is 0. The normalized spacial score (nSPS) is 11.7. The molecule has 1 aromatic heterocycles. The third-order valence-electron chi connectivity index (χ3n) is 3.85. The van der Waals surface area contributed by atoms with Crippen molar-refractivity contribution in [2.45, 2.75) is 26.2 Å². The van der Waals surface area contributed by atoms with Crippen LogP contribution in [0.3, 0.4) is 0 Å². The molecule has 0 aliphatic rings. The van der Waals surface area contributed by atoms with E-state index in [0.29, 0.717) is 10.6 Å². The van der Waals surface area contributed by atoms with Crippen LogP contribution in [0.5, 0.6) is 0 Å². The van der Waals surface area contributed by atoms with Gasteiger partial charge in [-0.3, -0.25) is 0 Å². The Bertz CT molecular complexity index is 955. The van der Waals surface area contributed by atoms with Crippen molar-refractivity contribution in [1.82, 2.24) is 4.98 Å². The molecule has 4 nitrogen and oxygen atoms in total. The van der Waals surface area contributed by atoms with Gasteiger partial charge in [0.2, 0.25) is 0 Å². The zero-order valence-electron chi connectivity index (χ0n) is 15.3. The van der Waals surface area contributed by atoms with E-state index in [9.17, 15) is 4.79 Å². The first-order valence-corrected chi connectivity index (χ1v) is 9.65. The lowest BCUT2D eigenvalue weighted by molar-refractivity contribution is 0.0519. The molecule has 0 N–H and O–H groups in total. The summed E-state index contributed by atoms with van der Waals surface area (Å²) in [4.78, 5) is 21.5. The SMILES string of the molecule is CC(C)(C)c1csc(-c2ccc(/C=N/OC(=O)c3ccc(Cl)cc3)cc2)n1. The molecule has 0 bridgehead atoms. The smallest absolute Gasteiger partial charge is 0.313 e. The van der Waals surface area contributed by atoms with Gasteiger partial charge in [0, 0.05) is 21.4 Å². The minimum Gasteiger partial charge on any atom is -0.313 e. The van der Waals surface area contributed by atoms with Gasteiger partial charge >= 0.3 is 5.97 Å². The Kier molecular flexibility index (Phi) is 5.73. The summed E-state index contributed by atoms with van der Waals surface area (Å²) in [5.74, 6) is -0.531.